The van der Waals surface area contributed by atoms with Gasteiger partial charge in [-0.05, 0) is 76.1 Å². The smallest absolute Gasteiger partial charge is 0.257 e. The average Bonchev–Trinajstić information content (AvgIpc) is 3.34. The molecule has 0 radical (unpaired) electrons. The first-order chi connectivity index (χ1) is 19.2. The number of likely N-dealkylation sites (tertiary alicyclic amines) is 2. The van der Waals surface area contributed by atoms with Crippen LogP contribution in [0.1, 0.15) is 38.5 Å². The van der Waals surface area contributed by atoms with Gasteiger partial charge in [0.1, 0.15) is 16.8 Å². The highest BCUT2D eigenvalue weighted by Gasteiger charge is 2.18. The molecule has 206 valence electrons. The summed E-state index contributed by atoms with van der Waals surface area (Å²) in [5, 5.41) is 8.60. The molecule has 2 fully saturated rings. The van der Waals surface area contributed by atoms with E-state index in [-0.39, 0.29) is 12.5 Å². The number of hydrogen-bond acceptors (Lipinski definition) is 7. The van der Waals surface area contributed by atoms with Crippen molar-refractivity contribution in [3.8, 4) is 5.75 Å². The Bertz CT molecular complexity index is 1420. The molecule has 39 heavy (non-hydrogen) atoms. The first-order valence-corrected chi connectivity index (χ1v) is 14.6. The Labute approximate surface area is 229 Å². The van der Waals surface area contributed by atoms with Crippen LogP contribution in [0.15, 0.2) is 46.9 Å². The number of hydrogen-bond donors (Lipinski definition) is 2. The Morgan fingerprint density at radius 2 is 1.59 bits per heavy atom. The Morgan fingerprint density at radius 1 is 0.872 bits per heavy atom. The molecular formula is C31H39N5O3. The van der Waals surface area contributed by atoms with Crippen LogP contribution in [-0.2, 0) is 4.79 Å². The minimum Gasteiger partial charge on any atom is -0.484 e. The molecule has 2 saturated heterocycles. The summed E-state index contributed by atoms with van der Waals surface area (Å²) in [6.07, 6.45) is 7.74. The van der Waals surface area contributed by atoms with Crippen LogP contribution in [0.2, 0.25) is 0 Å². The van der Waals surface area contributed by atoms with E-state index in [1.807, 2.05) is 36.4 Å². The van der Waals surface area contributed by atoms with E-state index in [4.69, 9.17) is 14.1 Å². The largest absolute Gasteiger partial charge is 0.484 e. The van der Waals surface area contributed by atoms with Gasteiger partial charge in [0.15, 0.2) is 12.2 Å². The van der Waals surface area contributed by atoms with Crippen molar-refractivity contribution < 1.29 is 13.9 Å². The minimum atomic E-state index is -0.103. The van der Waals surface area contributed by atoms with Crippen LogP contribution in [0.3, 0.4) is 0 Å². The number of aromatic nitrogens is 1. The molecule has 0 unspecified atom stereocenters. The second-order valence-electron chi connectivity index (χ2n) is 10.8. The number of nitrogens with zero attached hydrogens (tertiary/aromatic N) is 3. The zero-order valence-electron chi connectivity index (χ0n) is 22.7. The Hall–Kier alpha value is -3.36. The van der Waals surface area contributed by atoms with Gasteiger partial charge in [0.25, 0.3) is 5.91 Å². The number of amides is 1. The van der Waals surface area contributed by atoms with Crippen molar-refractivity contribution in [1.82, 2.24) is 20.1 Å². The van der Waals surface area contributed by atoms with Crippen LogP contribution in [0, 0.1) is 0 Å². The number of piperidine rings is 2. The molecule has 2 aliphatic rings. The van der Waals surface area contributed by atoms with E-state index >= 15 is 0 Å². The van der Waals surface area contributed by atoms with Gasteiger partial charge in [-0.1, -0.05) is 31.0 Å². The summed E-state index contributed by atoms with van der Waals surface area (Å²) in [6.45, 7) is 8.01. The predicted octanol–water partition coefficient (Wildman–Crippen LogP) is 5.01. The number of pyridine rings is 1. The molecular weight excluding hydrogens is 490 g/mol. The monoisotopic (exact) mass is 529 g/mol. The van der Waals surface area contributed by atoms with E-state index in [9.17, 15) is 4.79 Å². The Morgan fingerprint density at radius 3 is 2.36 bits per heavy atom. The molecule has 0 atom stereocenters. The maximum absolute atomic E-state index is 12.4. The zero-order chi connectivity index (χ0) is 26.4. The molecule has 2 aromatic carbocycles. The quantitative estimate of drug-likeness (QED) is 0.299. The fourth-order valence-electron chi connectivity index (χ4n) is 5.89. The van der Waals surface area contributed by atoms with E-state index < -0.39 is 0 Å². The summed E-state index contributed by atoms with van der Waals surface area (Å²) in [6, 6.07) is 13.9. The number of furan rings is 1. The van der Waals surface area contributed by atoms with Gasteiger partial charge in [-0.15, -0.1) is 0 Å². The van der Waals surface area contributed by atoms with Gasteiger partial charge in [-0.3, -0.25) is 4.79 Å². The molecule has 2 aromatic heterocycles. The first-order valence-electron chi connectivity index (χ1n) is 14.6. The van der Waals surface area contributed by atoms with Crippen molar-refractivity contribution in [3.63, 3.8) is 0 Å². The molecule has 0 aliphatic carbocycles. The summed E-state index contributed by atoms with van der Waals surface area (Å²) < 4.78 is 12.2. The molecule has 6 rings (SSSR count). The maximum Gasteiger partial charge on any atom is 0.257 e. The number of rotatable bonds is 10. The van der Waals surface area contributed by atoms with Crippen LogP contribution in [0.4, 0.5) is 5.69 Å². The predicted molar refractivity (Wildman–Crippen MR) is 157 cm³/mol. The highest BCUT2D eigenvalue weighted by molar-refractivity contribution is 6.14. The molecule has 8 nitrogen and oxygen atoms in total. The average molecular weight is 530 g/mol. The van der Waals surface area contributed by atoms with Crippen LogP contribution in [-0.4, -0.2) is 79.7 Å². The standard InChI is InChI=1S/C31H39N5O3/c37-28(32-13-19-35-15-5-1-6-16-35)22-38-23-11-12-27-25(21-23)30-31(39-27)29(24-9-3-4-10-26(24)34-30)33-14-20-36-17-7-2-8-18-36/h3-4,9-12,21H,1-2,5-8,13-20,22H2,(H,32,37)(H,33,34). The van der Waals surface area contributed by atoms with Gasteiger partial charge in [0.05, 0.1) is 16.6 Å². The van der Waals surface area contributed by atoms with Crippen LogP contribution in [0.25, 0.3) is 33.0 Å². The zero-order valence-corrected chi connectivity index (χ0v) is 22.7. The minimum absolute atomic E-state index is 0.0129. The van der Waals surface area contributed by atoms with Gasteiger partial charge < -0.3 is 29.6 Å². The van der Waals surface area contributed by atoms with E-state index in [0.29, 0.717) is 12.3 Å². The second-order valence-corrected chi connectivity index (χ2v) is 10.8. The van der Waals surface area contributed by atoms with Gasteiger partial charge in [0.2, 0.25) is 0 Å². The van der Waals surface area contributed by atoms with Crippen molar-refractivity contribution in [1.29, 1.82) is 0 Å². The third-order valence-corrected chi connectivity index (χ3v) is 8.01. The molecule has 4 heterocycles. The lowest BCUT2D eigenvalue weighted by atomic mass is 10.1. The number of nitrogens with one attached hydrogen (secondary N) is 2. The van der Waals surface area contributed by atoms with Crippen molar-refractivity contribution >= 4 is 44.6 Å². The molecule has 8 heteroatoms. The second kappa shape index (κ2) is 12.2. The van der Waals surface area contributed by atoms with Gasteiger partial charge in [-0.25, -0.2) is 4.98 Å². The Kier molecular flexibility index (Phi) is 8.11. The van der Waals surface area contributed by atoms with Crippen molar-refractivity contribution in [2.24, 2.45) is 0 Å². The first kappa shape index (κ1) is 25.9. The number of benzene rings is 2. The number of carbonyl (C=O) groups excluding carboxylic acids is 1. The molecule has 0 saturated carbocycles. The normalized spacial score (nSPS) is 17.1. The molecule has 0 spiro atoms. The van der Waals surface area contributed by atoms with Crippen LogP contribution < -0.4 is 15.4 Å². The highest BCUT2D eigenvalue weighted by Crippen LogP contribution is 2.38. The maximum atomic E-state index is 12.4. The fraction of sp³-hybridized carbons (Fsp3) is 0.484. The van der Waals surface area contributed by atoms with Crippen LogP contribution >= 0.6 is 0 Å². The highest BCUT2D eigenvalue weighted by atomic mass is 16.5. The van der Waals surface area contributed by atoms with E-state index in [1.54, 1.807) is 0 Å². The molecule has 4 aromatic rings. The lowest BCUT2D eigenvalue weighted by Gasteiger charge is -2.26. The summed E-state index contributed by atoms with van der Waals surface area (Å²) >= 11 is 0. The number of fused-ring (bicyclic) bond motifs is 4. The Balaban J connectivity index is 1.16. The number of carbonyl (C=O) groups is 1. The number of anilines is 1. The fourth-order valence-corrected chi connectivity index (χ4v) is 5.89. The van der Waals surface area contributed by atoms with Gasteiger partial charge >= 0.3 is 0 Å². The van der Waals surface area contributed by atoms with Gasteiger partial charge in [0, 0.05) is 31.6 Å². The lowest BCUT2D eigenvalue weighted by molar-refractivity contribution is -0.123. The molecule has 1 amide bonds. The van der Waals surface area contributed by atoms with E-state index in [1.165, 1.54) is 51.6 Å². The molecule has 2 N–H and O–H groups in total. The molecule has 0 bridgehead atoms. The lowest BCUT2D eigenvalue weighted by Crippen LogP contribution is -2.39. The summed E-state index contributed by atoms with van der Waals surface area (Å²) in [5.74, 6) is 0.527. The third-order valence-electron chi connectivity index (χ3n) is 8.01. The van der Waals surface area contributed by atoms with Crippen LogP contribution in [0.5, 0.6) is 5.75 Å². The third kappa shape index (κ3) is 6.12. The van der Waals surface area contributed by atoms with Crippen molar-refractivity contribution in [3.05, 3.63) is 42.5 Å². The van der Waals surface area contributed by atoms with Crippen molar-refractivity contribution in [2.75, 3.05) is 64.3 Å². The van der Waals surface area contributed by atoms with E-state index in [0.717, 1.165) is 71.4 Å². The topological polar surface area (TPSA) is 82.9 Å². The summed E-state index contributed by atoms with van der Waals surface area (Å²) in [7, 11) is 0. The summed E-state index contributed by atoms with van der Waals surface area (Å²) in [4.78, 5) is 22.3. The summed E-state index contributed by atoms with van der Waals surface area (Å²) in [5.41, 5.74) is 4.23. The van der Waals surface area contributed by atoms with E-state index in [2.05, 4.69) is 26.5 Å². The van der Waals surface area contributed by atoms with Crippen molar-refractivity contribution in [2.45, 2.75) is 38.5 Å². The van der Waals surface area contributed by atoms with Gasteiger partial charge in [-0.2, -0.15) is 0 Å². The SMILES string of the molecule is O=C(COc1ccc2oc3c(NCCN4CCCCC4)c4ccccc4nc3c2c1)NCCN1CCCCC1. The number of ether oxygens (including phenoxy) is 1. The molecule has 2 aliphatic heterocycles. The number of para-hydroxylation sites is 1.